The van der Waals surface area contributed by atoms with Crippen molar-refractivity contribution >= 4 is 16.8 Å². The highest BCUT2D eigenvalue weighted by Gasteiger charge is 2.22. The Morgan fingerprint density at radius 2 is 2.10 bits per heavy atom. The highest BCUT2D eigenvalue weighted by atomic mass is 16.5. The zero-order valence-corrected chi connectivity index (χ0v) is 12.0. The molecule has 0 saturated carbocycles. The van der Waals surface area contributed by atoms with E-state index in [1.54, 1.807) is 0 Å². The van der Waals surface area contributed by atoms with Crippen LogP contribution in [0.2, 0.25) is 0 Å². The van der Waals surface area contributed by atoms with E-state index < -0.39 is 0 Å². The minimum Gasteiger partial charge on any atom is -0.452 e. The van der Waals surface area contributed by atoms with E-state index >= 15 is 0 Å². The second-order valence-corrected chi connectivity index (χ2v) is 5.11. The van der Waals surface area contributed by atoms with Crippen LogP contribution in [0, 0.1) is 0 Å². The van der Waals surface area contributed by atoms with Crippen molar-refractivity contribution in [1.29, 1.82) is 0 Å². The van der Waals surface area contributed by atoms with Gasteiger partial charge in [0.2, 0.25) is 5.78 Å². The summed E-state index contributed by atoms with van der Waals surface area (Å²) in [7, 11) is 0. The Morgan fingerprint density at radius 1 is 1.24 bits per heavy atom. The van der Waals surface area contributed by atoms with Crippen LogP contribution in [0.4, 0.5) is 0 Å². The van der Waals surface area contributed by atoms with Crippen molar-refractivity contribution in [3.8, 4) is 0 Å². The lowest BCUT2D eigenvalue weighted by molar-refractivity contribution is 0.101. The van der Waals surface area contributed by atoms with Crippen LogP contribution in [0.5, 0.6) is 0 Å². The topological polar surface area (TPSA) is 56.2 Å². The summed E-state index contributed by atoms with van der Waals surface area (Å²) in [5.74, 6) is 0.245. The number of unbranched alkanes of at least 4 members (excludes halogenated alkanes) is 2. The number of para-hydroxylation sites is 1. The average Bonchev–Trinajstić information content (AvgIpc) is 3.15. The van der Waals surface area contributed by atoms with Gasteiger partial charge in [-0.2, -0.15) is 0 Å². The lowest BCUT2D eigenvalue weighted by Crippen LogP contribution is -2.02. The number of hydrogen-bond acceptors (Lipinski definition) is 4. The van der Waals surface area contributed by atoms with Crippen molar-refractivity contribution in [2.75, 3.05) is 0 Å². The number of benzene rings is 1. The third-order valence-electron chi connectivity index (χ3n) is 3.63. The molecule has 0 atom stereocenters. The number of furan rings is 1. The van der Waals surface area contributed by atoms with Gasteiger partial charge < -0.3 is 8.94 Å². The molecule has 2 heterocycles. The smallest absolute Gasteiger partial charge is 0.233 e. The van der Waals surface area contributed by atoms with Gasteiger partial charge in [-0.25, -0.2) is 0 Å². The van der Waals surface area contributed by atoms with E-state index in [4.69, 9.17) is 8.94 Å². The summed E-state index contributed by atoms with van der Waals surface area (Å²) in [6.45, 7) is 2.16. The summed E-state index contributed by atoms with van der Waals surface area (Å²) in [6, 6.07) is 7.78. The summed E-state index contributed by atoms with van der Waals surface area (Å²) < 4.78 is 10.6. The van der Waals surface area contributed by atoms with Crippen molar-refractivity contribution in [1.82, 2.24) is 5.16 Å². The van der Waals surface area contributed by atoms with Gasteiger partial charge in [-0.1, -0.05) is 43.1 Å². The number of ketones is 1. The van der Waals surface area contributed by atoms with Crippen LogP contribution in [0.25, 0.3) is 11.0 Å². The fourth-order valence-corrected chi connectivity index (χ4v) is 2.53. The summed E-state index contributed by atoms with van der Waals surface area (Å²) in [5, 5.41) is 4.61. The zero-order valence-electron chi connectivity index (χ0n) is 12.0. The standard InChI is InChI=1S/C17H17NO3/c1-2-3-4-8-14-13-7-5-6-9-15(13)21-17(14)16(19)12-10-18-20-11-12/h5-7,9-11H,2-4,8H2,1H3. The second-order valence-electron chi connectivity index (χ2n) is 5.11. The van der Waals surface area contributed by atoms with Crippen LogP contribution in [0.15, 0.2) is 45.7 Å². The first-order valence-corrected chi connectivity index (χ1v) is 7.25. The molecule has 0 aliphatic rings. The van der Waals surface area contributed by atoms with E-state index in [1.807, 2.05) is 24.3 Å². The van der Waals surface area contributed by atoms with Gasteiger partial charge in [0.15, 0.2) is 5.76 Å². The Kier molecular flexibility index (Phi) is 3.86. The lowest BCUT2D eigenvalue weighted by atomic mass is 10.0. The molecular weight excluding hydrogens is 266 g/mol. The number of rotatable bonds is 6. The van der Waals surface area contributed by atoms with E-state index in [1.165, 1.54) is 12.5 Å². The van der Waals surface area contributed by atoms with Gasteiger partial charge in [-0.15, -0.1) is 0 Å². The minimum atomic E-state index is -0.168. The summed E-state index contributed by atoms with van der Waals surface area (Å²) in [6.07, 6.45) is 6.95. The molecule has 4 heteroatoms. The van der Waals surface area contributed by atoms with E-state index in [0.717, 1.165) is 42.2 Å². The van der Waals surface area contributed by atoms with Crippen LogP contribution >= 0.6 is 0 Å². The van der Waals surface area contributed by atoms with Crippen LogP contribution in [-0.2, 0) is 6.42 Å². The summed E-state index contributed by atoms with van der Waals surface area (Å²) in [4.78, 5) is 12.5. The molecule has 0 bridgehead atoms. The minimum absolute atomic E-state index is 0.168. The molecule has 0 amide bonds. The van der Waals surface area contributed by atoms with Gasteiger partial charge in [-0.3, -0.25) is 4.79 Å². The molecule has 1 aromatic carbocycles. The lowest BCUT2D eigenvalue weighted by Gasteiger charge is -2.01. The quantitative estimate of drug-likeness (QED) is 0.497. The van der Waals surface area contributed by atoms with Crippen molar-refractivity contribution in [2.45, 2.75) is 32.6 Å². The third-order valence-corrected chi connectivity index (χ3v) is 3.63. The van der Waals surface area contributed by atoms with Crippen LogP contribution in [0.1, 0.15) is 47.9 Å². The summed E-state index contributed by atoms with van der Waals surface area (Å²) >= 11 is 0. The monoisotopic (exact) mass is 283 g/mol. The van der Waals surface area contributed by atoms with E-state index in [9.17, 15) is 4.79 Å². The molecule has 0 aliphatic carbocycles. The Balaban J connectivity index is 2.03. The average molecular weight is 283 g/mol. The van der Waals surface area contributed by atoms with Crippen molar-refractivity contribution in [2.24, 2.45) is 0 Å². The number of aromatic nitrogens is 1. The van der Waals surface area contributed by atoms with Crippen molar-refractivity contribution in [3.05, 3.63) is 53.6 Å². The maximum Gasteiger partial charge on any atom is 0.233 e. The van der Waals surface area contributed by atoms with E-state index in [2.05, 4.69) is 12.1 Å². The normalized spacial score (nSPS) is 11.1. The Bertz CT molecular complexity index is 741. The zero-order chi connectivity index (χ0) is 14.7. The number of fused-ring (bicyclic) bond motifs is 1. The molecule has 0 radical (unpaired) electrons. The Hall–Kier alpha value is -2.36. The molecule has 3 aromatic rings. The van der Waals surface area contributed by atoms with Gasteiger partial charge in [0.25, 0.3) is 0 Å². The first-order valence-electron chi connectivity index (χ1n) is 7.25. The molecule has 0 N–H and O–H groups in total. The highest BCUT2D eigenvalue weighted by molar-refractivity contribution is 6.10. The molecular formula is C17H17NO3. The predicted octanol–water partition coefficient (Wildman–Crippen LogP) is 4.38. The second kappa shape index (κ2) is 5.95. The van der Waals surface area contributed by atoms with Gasteiger partial charge >= 0.3 is 0 Å². The highest BCUT2D eigenvalue weighted by Crippen LogP contribution is 2.29. The fourth-order valence-electron chi connectivity index (χ4n) is 2.53. The fraction of sp³-hybridized carbons (Fsp3) is 0.294. The molecule has 0 fully saturated rings. The number of aryl methyl sites for hydroxylation is 1. The van der Waals surface area contributed by atoms with Crippen LogP contribution < -0.4 is 0 Å². The van der Waals surface area contributed by atoms with Crippen LogP contribution in [0.3, 0.4) is 0 Å². The molecule has 4 nitrogen and oxygen atoms in total. The molecule has 0 unspecified atom stereocenters. The number of carbonyl (C=O) groups is 1. The largest absolute Gasteiger partial charge is 0.452 e. The first-order chi connectivity index (χ1) is 10.3. The third kappa shape index (κ3) is 2.61. The number of nitrogens with zero attached hydrogens (tertiary/aromatic N) is 1. The van der Waals surface area contributed by atoms with Crippen molar-refractivity contribution in [3.63, 3.8) is 0 Å². The maximum atomic E-state index is 12.5. The molecule has 0 spiro atoms. The maximum absolute atomic E-state index is 12.5. The van der Waals surface area contributed by atoms with E-state index in [0.29, 0.717) is 11.3 Å². The van der Waals surface area contributed by atoms with Crippen LogP contribution in [-0.4, -0.2) is 10.9 Å². The van der Waals surface area contributed by atoms with Gasteiger partial charge in [-0.05, 0) is 18.9 Å². The predicted molar refractivity (Wildman–Crippen MR) is 79.4 cm³/mol. The van der Waals surface area contributed by atoms with Gasteiger partial charge in [0, 0.05) is 10.9 Å². The number of hydrogen-bond donors (Lipinski definition) is 0. The Morgan fingerprint density at radius 3 is 2.86 bits per heavy atom. The molecule has 0 aliphatic heterocycles. The van der Waals surface area contributed by atoms with Gasteiger partial charge in [0.1, 0.15) is 11.8 Å². The SMILES string of the molecule is CCCCCc1c(C(=O)c2cnoc2)oc2ccccc12. The molecule has 0 saturated heterocycles. The molecule has 21 heavy (non-hydrogen) atoms. The first kappa shape index (κ1) is 13.6. The number of carbonyl (C=O) groups excluding carboxylic acids is 1. The molecule has 2 aromatic heterocycles. The van der Waals surface area contributed by atoms with Crippen molar-refractivity contribution < 1.29 is 13.7 Å². The van der Waals surface area contributed by atoms with E-state index in [-0.39, 0.29) is 5.78 Å². The summed E-state index contributed by atoms with van der Waals surface area (Å²) in [5.41, 5.74) is 2.17. The molecule has 3 rings (SSSR count). The van der Waals surface area contributed by atoms with Gasteiger partial charge in [0.05, 0.1) is 11.8 Å². The molecule has 108 valence electrons. The Labute approximate surface area is 122 Å².